The second-order valence-electron chi connectivity index (χ2n) is 4.03. The Labute approximate surface area is 123 Å². The molecule has 0 saturated heterocycles. The van der Waals surface area contributed by atoms with Gasteiger partial charge in [0.1, 0.15) is 5.02 Å². The molecule has 0 aliphatic rings. The SMILES string of the molecule is O=[N+]([O-])c1cccc(CNc2nccc(Cl)c2[N+](=O)[O-])c1. The highest BCUT2D eigenvalue weighted by atomic mass is 35.5. The monoisotopic (exact) mass is 308 g/mol. The predicted molar refractivity (Wildman–Crippen MR) is 76.3 cm³/mol. The molecule has 0 aliphatic carbocycles. The second kappa shape index (κ2) is 6.14. The summed E-state index contributed by atoms with van der Waals surface area (Å²) in [5.41, 5.74) is 0.215. The Balaban J connectivity index is 2.21. The number of nitro groups is 2. The van der Waals surface area contributed by atoms with Gasteiger partial charge >= 0.3 is 5.69 Å². The molecule has 9 heteroatoms. The topological polar surface area (TPSA) is 111 Å². The minimum atomic E-state index is -0.634. The fourth-order valence-corrected chi connectivity index (χ4v) is 1.91. The van der Waals surface area contributed by atoms with Crippen molar-refractivity contribution in [2.24, 2.45) is 0 Å². The van der Waals surface area contributed by atoms with E-state index in [9.17, 15) is 20.2 Å². The van der Waals surface area contributed by atoms with Crippen LogP contribution < -0.4 is 5.32 Å². The first-order valence-corrected chi connectivity index (χ1v) is 6.13. The summed E-state index contributed by atoms with van der Waals surface area (Å²) < 4.78 is 0. The molecule has 2 aromatic rings. The predicted octanol–water partition coefficient (Wildman–Crippen LogP) is 3.16. The second-order valence-corrected chi connectivity index (χ2v) is 4.43. The van der Waals surface area contributed by atoms with Crippen LogP contribution in [0.2, 0.25) is 5.02 Å². The molecule has 0 radical (unpaired) electrons. The first-order valence-electron chi connectivity index (χ1n) is 5.75. The maximum atomic E-state index is 10.9. The van der Waals surface area contributed by atoms with E-state index in [2.05, 4.69) is 10.3 Å². The molecule has 0 atom stereocenters. The molecule has 1 heterocycles. The number of nitrogens with one attached hydrogen (secondary N) is 1. The number of nitrogens with zero attached hydrogens (tertiary/aromatic N) is 3. The van der Waals surface area contributed by atoms with Gasteiger partial charge in [0.15, 0.2) is 0 Å². The van der Waals surface area contributed by atoms with Crippen molar-refractivity contribution in [3.05, 3.63) is 67.3 Å². The zero-order chi connectivity index (χ0) is 15.4. The van der Waals surface area contributed by atoms with Crippen LogP contribution >= 0.6 is 11.6 Å². The molecule has 0 amide bonds. The molecule has 1 aromatic heterocycles. The Bertz CT molecular complexity index is 707. The zero-order valence-corrected chi connectivity index (χ0v) is 11.3. The number of rotatable bonds is 5. The third-order valence-electron chi connectivity index (χ3n) is 2.64. The first kappa shape index (κ1) is 14.7. The Kier molecular flexibility index (Phi) is 4.29. The van der Waals surface area contributed by atoms with Crippen LogP contribution in [0.15, 0.2) is 36.5 Å². The van der Waals surface area contributed by atoms with Gasteiger partial charge in [-0.2, -0.15) is 0 Å². The molecule has 0 spiro atoms. The van der Waals surface area contributed by atoms with E-state index >= 15 is 0 Å². The van der Waals surface area contributed by atoms with E-state index in [0.717, 1.165) is 0 Å². The van der Waals surface area contributed by atoms with E-state index in [-0.39, 0.29) is 28.8 Å². The van der Waals surface area contributed by atoms with Crippen LogP contribution in [-0.2, 0) is 6.54 Å². The number of hydrogen-bond donors (Lipinski definition) is 1. The number of nitro benzene ring substituents is 1. The van der Waals surface area contributed by atoms with E-state index in [0.29, 0.717) is 5.56 Å². The van der Waals surface area contributed by atoms with Gasteiger partial charge in [0.05, 0.1) is 9.85 Å². The lowest BCUT2D eigenvalue weighted by molar-refractivity contribution is -0.384. The number of halogens is 1. The van der Waals surface area contributed by atoms with E-state index in [1.807, 2.05) is 0 Å². The highest BCUT2D eigenvalue weighted by Crippen LogP contribution is 2.30. The van der Waals surface area contributed by atoms with Gasteiger partial charge in [0, 0.05) is 24.9 Å². The van der Waals surface area contributed by atoms with Crippen molar-refractivity contribution in [2.75, 3.05) is 5.32 Å². The van der Waals surface area contributed by atoms with Gasteiger partial charge in [-0.25, -0.2) is 4.98 Å². The number of anilines is 1. The minimum Gasteiger partial charge on any atom is -0.360 e. The van der Waals surface area contributed by atoms with Crippen LogP contribution in [0.25, 0.3) is 0 Å². The third kappa shape index (κ3) is 3.42. The van der Waals surface area contributed by atoms with Crippen LogP contribution in [0.5, 0.6) is 0 Å². The number of pyridine rings is 1. The zero-order valence-electron chi connectivity index (χ0n) is 10.5. The first-order chi connectivity index (χ1) is 9.99. The van der Waals surface area contributed by atoms with E-state index in [1.54, 1.807) is 6.07 Å². The van der Waals surface area contributed by atoms with Crippen LogP contribution in [0.4, 0.5) is 17.2 Å². The molecule has 0 unspecified atom stereocenters. The Morgan fingerprint density at radius 1 is 1.19 bits per heavy atom. The number of benzene rings is 1. The molecular formula is C12H9ClN4O4. The van der Waals surface area contributed by atoms with E-state index in [1.165, 1.54) is 30.5 Å². The third-order valence-corrected chi connectivity index (χ3v) is 2.94. The Morgan fingerprint density at radius 2 is 1.95 bits per heavy atom. The van der Waals surface area contributed by atoms with Crippen LogP contribution in [0.3, 0.4) is 0 Å². The average molecular weight is 309 g/mol. The average Bonchev–Trinajstić information content (AvgIpc) is 2.45. The van der Waals surface area contributed by atoms with Gasteiger partial charge in [-0.15, -0.1) is 0 Å². The van der Waals surface area contributed by atoms with Crippen molar-refractivity contribution in [2.45, 2.75) is 6.54 Å². The van der Waals surface area contributed by atoms with Gasteiger partial charge in [-0.1, -0.05) is 23.7 Å². The van der Waals surface area contributed by atoms with Crippen LogP contribution in [0.1, 0.15) is 5.56 Å². The summed E-state index contributed by atoms with van der Waals surface area (Å²) in [6, 6.07) is 7.26. The highest BCUT2D eigenvalue weighted by molar-refractivity contribution is 6.33. The fourth-order valence-electron chi connectivity index (χ4n) is 1.70. The maximum Gasteiger partial charge on any atom is 0.329 e. The van der Waals surface area contributed by atoms with Crippen LogP contribution in [0, 0.1) is 20.2 Å². The number of non-ortho nitro benzene ring substituents is 1. The summed E-state index contributed by atoms with van der Waals surface area (Å²) in [4.78, 5) is 24.3. The van der Waals surface area contributed by atoms with Gasteiger partial charge in [-0.3, -0.25) is 20.2 Å². The summed E-state index contributed by atoms with van der Waals surface area (Å²) >= 11 is 5.76. The smallest absolute Gasteiger partial charge is 0.329 e. The molecule has 0 saturated carbocycles. The van der Waals surface area contributed by atoms with E-state index < -0.39 is 9.85 Å². The molecule has 21 heavy (non-hydrogen) atoms. The lowest BCUT2D eigenvalue weighted by atomic mass is 10.2. The minimum absolute atomic E-state index is 0.0130. The lowest BCUT2D eigenvalue weighted by Gasteiger charge is -2.06. The summed E-state index contributed by atoms with van der Waals surface area (Å²) in [6.07, 6.45) is 1.34. The summed E-state index contributed by atoms with van der Waals surface area (Å²) in [6.45, 7) is 0.149. The van der Waals surface area contributed by atoms with Crippen molar-refractivity contribution in [3.8, 4) is 0 Å². The summed E-state index contributed by atoms with van der Waals surface area (Å²) in [5.74, 6) is 0.0130. The molecule has 108 valence electrons. The van der Waals surface area contributed by atoms with Crippen molar-refractivity contribution >= 4 is 28.8 Å². The molecular weight excluding hydrogens is 300 g/mol. The van der Waals surface area contributed by atoms with Crippen molar-refractivity contribution < 1.29 is 9.85 Å². The van der Waals surface area contributed by atoms with Gasteiger partial charge in [0.25, 0.3) is 5.69 Å². The summed E-state index contributed by atoms with van der Waals surface area (Å²) in [5, 5.41) is 24.4. The molecule has 8 nitrogen and oxygen atoms in total. The standard InChI is InChI=1S/C12H9ClN4O4/c13-10-4-5-14-12(11(10)17(20)21)15-7-8-2-1-3-9(6-8)16(18)19/h1-6H,7H2,(H,14,15). The maximum absolute atomic E-state index is 10.9. The summed E-state index contributed by atoms with van der Waals surface area (Å²) in [7, 11) is 0. The Morgan fingerprint density at radius 3 is 2.62 bits per heavy atom. The van der Waals surface area contributed by atoms with Gasteiger partial charge in [-0.05, 0) is 11.6 Å². The largest absolute Gasteiger partial charge is 0.360 e. The highest BCUT2D eigenvalue weighted by Gasteiger charge is 2.19. The quantitative estimate of drug-likeness (QED) is 0.670. The normalized spacial score (nSPS) is 10.1. The van der Waals surface area contributed by atoms with Crippen molar-refractivity contribution in [3.63, 3.8) is 0 Å². The molecule has 1 N–H and O–H groups in total. The van der Waals surface area contributed by atoms with Gasteiger partial charge in [0.2, 0.25) is 5.82 Å². The van der Waals surface area contributed by atoms with E-state index in [4.69, 9.17) is 11.6 Å². The molecule has 0 aliphatic heterocycles. The van der Waals surface area contributed by atoms with Crippen molar-refractivity contribution in [1.82, 2.24) is 4.98 Å². The molecule has 2 rings (SSSR count). The number of aromatic nitrogens is 1. The van der Waals surface area contributed by atoms with Crippen molar-refractivity contribution in [1.29, 1.82) is 0 Å². The van der Waals surface area contributed by atoms with Gasteiger partial charge < -0.3 is 5.32 Å². The van der Waals surface area contributed by atoms with Crippen LogP contribution in [-0.4, -0.2) is 14.8 Å². The molecule has 0 fully saturated rings. The number of hydrogen-bond acceptors (Lipinski definition) is 6. The Hall–Kier alpha value is -2.74. The molecule has 1 aromatic carbocycles. The fraction of sp³-hybridized carbons (Fsp3) is 0.0833. The lowest BCUT2D eigenvalue weighted by Crippen LogP contribution is -2.05. The molecule has 0 bridgehead atoms.